The number of hydrogen-bond acceptors (Lipinski definition) is 5. The normalized spacial score (nSPS) is 11.0. The van der Waals surface area contributed by atoms with Gasteiger partial charge in [-0.05, 0) is 65.6 Å². The molecule has 3 aromatic heterocycles. The molecule has 2 aromatic carbocycles. The lowest BCUT2D eigenvalue weighted by Gasteiger charge is -2.12. The van der Waals surface area contributed by atoms with Crippen LogP contribution in [-0.4, -0.2) is 33.1 Å². The maximum Gasteiger partial charge on any atom is 0.170 e. The van der Waals surface area contributed by atoms with Gasteiger partial charge in [0, 0.05) is 41.3 Å². The molecule has 6 heteroatoms. The van der Waals surface area contributed by atoms with E-state index in [1.54, 1.807) is 19.5 Å². The lowest BCUT2D eigenvalue weighted by molar-refractivity contribution is 0.111. The van der Waals surface area contributed by atoms with Crippen LogP contribution in [0.25, 0.3) is 33.2 Å². The van der Waals surface area contributed by atoms with Gasteiger partial charge in [-0.1, -0.05) is 18.2 Å². The van der Waals surface area contributed by atoms with E-state index in [0.29, 0.717) is 12.2 Å². The number of methoxy groups -OCH3 is 1. The van der Waals surface area contributed by atoms with Crippen LogP contribution < -0.4 is 4.74 Å². The van der Waals surface area contributed by atoms with Crippen molar-refractivity contribution in [2.45, 2.75) is 13.5 Å². The van der Waals surface area contributed by atoms with Gasteiger partial charge in [0.2, 0.25) is 0 Å². The van der Waals surface area contributed by atoms with Gasteiger partial charge >= 0.3 is 0 Å². The number of ether oxygens (including phenoxy) is 1. The van der Waals surface area contributed by atoms with E-state index in [0.717, 1.165) is 56.3 Å². The number of fused-ring (bicyclic) bond motifs is 1. The molecule has 162 valence electrons. The Morgan fingerprint density at radius 1 is 0.909 bits per heavy atom. The summed E-state index contributed by atoms with van der Waals surface area (Å²) in [6.07, 6.45) is 8.14. The molecular weight excluding hydrogens is 412 g/mol. The topological polar surface area (TPSA) is 69.9 Å². The minimum atomic E-state index is 0.436. The van der Waals surface area contributed by atoms with Crippen molar-refractivity contribution in [3.63, 3.8) is 0 Å². The third-order valence-corrected chi connectivity index (χ3v) is 5.90. The Morgan fingerprint density at radius 3 is 2.33 bits per heavy atom. The molecular formula is C27H22N4O2. The van der Waals surface area contributed by atoms with E-state index in [4.69, 9.17) is 4.74 Å². The number of aldehydes is 1. The monoisotopic (exact) mass is 434 g/mol. The van der Waals surface area contributed by atoms with E-state index < -0.39 is 0 Å². The van der Waals surface area contributed by atoms with Crippen molar-refractivity contribution in [3.8, 4) is 28.0 Å². The number of carbonyl (C=O) groups excluding carboxylic acids is 1. The Kier molecular flexibility index (Phi) is 5.40. The first-order valence-electron chi connectivity index (χ1n) is 10.6. The average Bonchev–Trinajstić information content (AvgIpc) is 3.22. The Labute approximate surface area is 191 Å². The van der Waals surface area contributed by atoms with E-state index in [1.807, 2.05) is 65.6 Å². The molecule has 0 bridgehead atoms. The van der Waals surface area contributed by atoms with Crippen molar-refractivity contribution < 1.29 is 9.53 Å². The lowest BCUT2D eigenvalue weighted by Crippen LogP contribution is -2.02. The summed E-state index contributed by atoms with van der Waals surface area (Å²) in [7, 11) is 1.65. The summed E-state index contributed by atoms with van der Waals surface area (Å²) in [5.41, 5.74) is 7.74. The molecule has 0 aliphatic rings. The molecule has 0 saturated carbocycles. The lowest BCUT2D eigenvalue weighted by atomic mass is 9.95. The number of nitrogens with zero attached hydrogens (tertiary/aromatic N) is 4. The van der Waals surface area contributed by atoms with Crippen LogP contribution in [0.5, 0.6) is 5.75 Å². The van der Waals surface area contributed by atoms with Gasteiger partial charge in [-0.15, -0.1) is 0 Å². The summed E-state index contributed by atoms with van der Waals surface area (Å²) in [6, 6.07) is 17.9. The maximum atomic E-state index is 11.7. The van der Waals surface area contributed by atoms with E-state index in [-0.39, 0.29) is 0 Å². The minimum Gasteiger partial charge on any atom is -0.497 e. The van der Waals surface area contributed by atoms with E-state index in [1.165, 1.54) is 0 Å². The van der Waals surface area contributed by atoms with Crippen LogP contribution in [0.15, 0.2) is 79.4 Å². The Hall–Kier alpha value is -4.32. The van der Waals surface area contributed by atoms with E-state index >= 15 is 0 Å². The van der Waals surface area contributed by atoms with Gasteiger partial charge in [0.15, 0.2) is 6.29 Å². The highest BCUT2D eigenvalue weighted by molar-refractivity contribution is 5.97. The largest absolute Gasteiger partial charge is 0.497 e. The molecule has 5 aromatic rings. The summed E-state index contributed by atoms with van der Waals surface area (Å²) in [5.74, 6) is 0.803. The van der Waals surface area contributed by atoms with Crippen LogP contribution in [0.3, 0.4) is 0 Å². The zero-order valence-corrected chi connectivity index (χ0v) is 18.4. The number of benzene rings is 2. The molecule has 0 amide bonds. The number of pyridine rings is 2. The van der Waals surface area contributed by atoms with E-state index in [9.17, 15) is 4.79 Å². The highest BCUT2D eigenvalue weighted by atomic mass is 16.5. The second kappa shape index (κ2) is 8.67. The summed E-state index contributed by atoms with van der Waals surface area (Å²) >= 11 is 0. The van der Waals surface area contributed by atoms with Crippen molar-refractivity contribution in [1.29, 1.82) is 0 Å². The SMILES string of the molecule is COc1ccc(Cn2nc(C=O)c3ccc(-c4cncc(-c5ccncc5)c4C)cc32)cc1. The second-order valence-electron chi connectivity index (χ2n) is 7.84. The van der Waals surface area contributed by atoms with Crippen molar-refractivity contribution in [3.05, 3.63) is 96.2 Å². The predicted molar refractivity (Wildman–Crippen MR) is 128 cm³/mol. The summed E-state index contributed by atoms with van der Waals surface area (Å²) < 4.78 is 7.13. The zero-order valence-electron chi connectivity index (χ0n) is 18.4. The van der Waals surface area contributed by atoms with Gasteiger partial charge in [0.1, 0.15) is 11.4 Å². The van der Waals surface area contributed by atoms with Gasteiger partial charge in [-0.25, -0.2) is 0 Å². The first kappa shape index (κ1) is 20.6. The second-order valence-corrected chi connectivity index (χ2v) is 7.84. The quantitative estimate of drug-likeness (QED) is 0.338. The van der Waals surface area contributed by atoms with Crippen LogP contribution in [0.4, 0.5) is 0 Å². The fraction of sp³-hybridized carbons (Fsp3) is 0.111. The van der Waals surface area contributed by atoms with Crippen molar-refractivity contribution in [2.75, 3.05) is 7.11 Å². The molecule has 0 spiro atoms. The minimum absolute atomic E-state index is 0.436. The first-order valence-corrected chi connectivity index (χ1v) is 10.6. The number of hydrogen-bond donors (Lipinski definition) is 0. The molecule has 0 radical (unpaired) electrons. The first-order chi connectivity index (χ1) is 16.2. The fourth-order valence-corrected chi connectivity index (χ4v) is 4.12. The van der Waals surface area contributed by atoms with Crippen LogP contribution in [0.1, 0.15) is 21.6 Å². The molecule has 0 aliphatic heterocycles. The molecule has 5 rings (SSSR count). The molecule has 0 fully saturated rings. The third-order valence-electron chi connectivity index (χ3n) is 5.90. The Bertz CT molecular complexity index is 1440. The smallest absolute Gasteiger partial charge is 0.170 e. The summed E-state index contributed by atoms with van der Waals surface area (Å²) in [6.45, 7) is 2.65. The molecule has 0 aliphatic carbocycles. The summed E-state index contributed by atoms with van der Waals surface area (Å²) in [5, 5.41) is 5.39. The van der Waals surface area contributed by atoms with Crippen LogP contribution >= 0.6 is 0 Å². The maximum absolute atomic E-state index is 11.7. The number of rotatable bonds is 6. The molecule has 0 N–H and O–H groups in total. The average molecular weight is 434 g/mol. The van der Waals surface area contributed by atoms with Gasteiger partial charge in [-0.2, -0.15) is 5.10 Å². The van der Waals surface area contributed by atoms with Crippen LogP contribution in [0.2, 0.25) is 0 Å². The molecule has 33 heavy (non-hydrogen) atoms. The molecule has 0 saturated heterocycles. The molecule has 0 unspecified atom stereocenters. The molecule has 0 atom stereocenters. The zero-order chi connectivity index (χ0) is 22.8. The van der Waals surface area contributed by atoms with Gasteiger partial charge in [0.25, 0.3) is 0 Å². The Morgan fingerprint density at radius 2 is 1.64 bits per heavy atom. The predicted octanol–water partition coefficient (Wildman–Crippen LogP) is 5.34. The highest BCUT2D eigenvalue weighted by Crippen LogP contribution is 2.33. The van der Waals surface area contributed by atoms with Crippen molar-refractivity contribution in [2.24, 2.45) is 0 Å². The summed E-state index contributed by atoms with van der Waals surface area (Å²) in [4.78, 5) is 20.3. The van der Waals surface area contributed by atoms with Gasteiger partial charge in [0.05, 0.1) is 19.2 Å². The highest BCUT2D eigenvalue weighted by Gasteiger charge is 2.14. The standard InChI is InChI=1S/C27H22N4O2/c1-18-24(20-9-11-28-12-10-20)14-29-15-25(18)21-5-8-23-26(17-32)30-31(27(23)13-21)16-19-3-6-22(33-2)7-4-19/h3-15,17H,16H2,1-2H3. The van der Waals surface area contributed by atoms with Gasteiger partial charge < -0.3 is 4.74 Å². The van der Waals surface area contributed by atoms with Crippen LogP contribution in [0, 0.1) is 6.92 Å². The fourth-order valence-electron chi connectivity index (χ4n) is 4.12. The molecule has 3 heterocycles. The van der Waals surface area contributed by atoms with Crippen LogP contribution in [-0.2, 0) is 6.54 Å². The molecule has 6 nitrogen and oxygen atoms in total. The van der Waals surface area contributed by atoms with Gasteiger partial charge in [-0.3, -0.25) is 19.4 Å². The number of carbonyl (C=O) groups is 1. The van der Waals surface area contributed by atoms with Crippen molar-refractivity contribution >= 4 is 17.2 Å². The number of aromatic nitrogens is 4. The third kappa shape index (κ3) is 3.87. The van der Waals surface area contributed by atoms with E-state index in [2.05, 4.69) is 28.1 Å². The Balaban J connectivity index is 1.59. The van der Waals surface area contributed by atoms with Crippen molar-refractivity contribution in [1.82, 2.24) is 19.7 Å².